The van der Waals surface area contributed by atoms with Gasteiger partial charge in [0.1, 0.15) is 41.5 Å². The average Bonchev–Trinajstić information content (AvgIpc) is 2.94. The first-order chi connectivity index (χ1) is 39.8. The molecule has 6 heterocycles. The van der Waals surface area contributed by atoms with Crippen LogP contribution >= 0.6 is 15.0 Å². The number of benzene rings is 3. The van der Waals surface area contributed by atoms with Crippen LogP contribution in [0.4, 0.5) is 20.7 Å². The molecule has 31 heteroatoms. The highest BCUT2D eigenvalue weighted by Gasteiger charge is 2.53. The first-order valence-corrected chi connectivity index (χ1v) is 29.6. The van der Waals surface area contributed by atoms with Crippen LogP contribution in [0, 0.1) is 23.2 Å². The number of imidazole rings is 2. The van der Waals surface area contributed by atoms with Crippen LogP contribution in [0.5, 0.6) is 11.5 Å². The predicted octanol–water partition coefficient (Wildman–Crippen LogP) is 6.26. The van der Waals surface area contributed by atoms with Gasteiger partial charge >= 0.3 is 15.0 Å². The summed E-state index contributed by atoms with van der Waals surface area (Å²) in [6, 6.07) is 25.2. The SMILES string of the molecule is COc1ccc(C(OC[C@H]2O[C@@H](n3cnc4c(=O)[nH]c(NC(=O)C(C)C)nc43)[C@H](F)[C@@H]2OP(=S)(OCCC#N)OC[C@H]2O[C@@H](n3cnc4c(=O)[nH]c(NC(=O)C(C)C)nc43)[C@H](F)[C@@H]2O[PH](=O)O)(c2ccccc2)c2ccc(OC)cc2)cc1. The van der Waals surface area contributed by atoms with Crippen molar-refractivity contribution in [2.24, 2.45) is 11.8 Å². The first kappa shape index (κ1) is 60.4. The molecule has 0 saturated carbocycles. The fraction of sp³-hybridized carbons (Fsp3) is 0.404. The van der Waals surface area contributed by atoms with E-state index in [4.69, 9.17) is 53.6 Å². The normalized spacial score (nSPS) is 22.0. The lowest BCUT2D eigenvalue weighted by molar-refractivity contribution is -0.119. The lowest BCUT2D eigenvalue weighted by Crippen LogP contribution is -2.40. The van der Waals surface area contributed by atoms with Gasteiger partial charge in [0.25, 0.3) is 11.1 Å². The van der Waals surface area contributed by atoms with E-state index in [-0.39, 0.29) is 40.6 Å². The summed E-state index contributed by atoms with van der Waals surface area (Å²) in [5.74, 6) is -1.52. The van der Waals surface area contributed by atoms with E-state index in [1.807, 2.05) is 36.4 Å². The predicted molar refractivity (Wildman–Crippen MR) is 296 cm³/mol. The van der Waals surface area contributed by atoms with Crippen molar-refractivity contribution in [2.45, 2.75) is 88.9 Å². The van der Waals surface area contributed by atoms with Gasteiger partial charge < -0.3 is 42.1 Å². The van der Waals surface area contributed by atoms with E-state index in [0.29, 0.717) is 28.2 Å². The molecule has 26 nitrogen and oxygen atoms in total. The van der Waals surface area contributed by atoms with Crippen LogP contribution < -0.4 is 31.2 Å². The number of hydrogen-bond donors (Lipinski definition) is 5. The Bertz CT molecular complexity index is 3650. The van der Waals surface area contributed by atoms with Crippen LogP contribution in [-0.2, 0) is 63.9 Å². The Balaban J connectivity index is 1.10. The smallest absolute Gasteiger partial charge is 0.327 e. The number of halogens is 2. The Morgan fingerprint density at radius 3 is 1.70 bits per heavy atom. The standard InChI is InChI=1S/C52H57F2N11O15P2S/c1-27(2)44(66)60-50-58-42-38(46(68)62-50)56-25-64(42)48-36(53)40(79-81(70)71)35(78-48)24-76-82(83,75-22-10-21-55)80-41-34(77-49(37(41)54)65-26-57-39-43(65)59-51(63-47(39)69)61-45(67)28(3)4)23-74-52(29-11-8-7-9-12-29,30-13-17-32(72-5)18-14-30)31-15-19-33(73-6)20-16-31/h7-9,11-20,25-28,34-37,40-41,48-49,81H,10,22-24H2,1-6H3,(H,70,71)(H2,58,60,62,66,68)(H2,59,61,63,67,69)/t34-,35-,36-,37-,40-,41-,48-,49-,82?/m1/s1. The fourth-order valence-electron chi connectivity index (χ4n) is 9.25. The number of nitrogens with zero attached hydrogens (tertiary/aromatic N) is 7. The summed E-state index contributed by atoms with van der Waals surface area (Å²) < 4.78 is 104. The molecular formula is C52H57F2N11O15P2S. The number of fused-ring (bicyclic) bond motifs is 2. The molecule has 0 aliphatic carbocycles. The molecule has 5 N–H and O–H groups in total. The van der Waals surface area contributed by atoms with Crippen LogP contribution in [0.25, 0.3) is 22.3 Å². The van der Waals surface area contributed by atoms with Gasteiger partial charge in [0.15, 0.2) is 47.1 Å². The van der Waals surface area contributed by atoms with Crippen molar-refractivity contribution >= 4 is 72.8 Å². The number of alkyl halides is 2. The van der Waals surface area contributed by atoms with E-state index < -0.39 is 124 Å². The number of aromatic amines is 2. The number of nitrogens with one attached hydrogen (secondary N) is 4. The monoisotopic (exact) mass is 1210 g/mol. The Hall–Kier alpha value is -7.19. The zero-order valence-corrected chi connectivity index (χ0v) is 47.9. The Morgan fingerprint density at radius 1 is 0.771 bits per heavy atom. The number of hydrogen-bond acceptors (Lipinski definition) is 20. The van der Waals surface area contributed by atoms with Crippen molar-refractivity contribution in [1.82, 2.24) is 39.0 Å². The topological polar surface area (TPSA) is 330 Å². The van der Waals surface area contributed by atoms with Crippen LogP contribution in [0.2, 0.25) is 0 Å². The first-order valence-electron chi connectivity index (χ1n) is 25.7. The zero-order chi connectivity index (χ0) is 59.3. The molecule has 9 rings (SSSR count). The lowest BCUT2D eigenvalue weighted by Gasteiger charge is -2.37. The van der Waals surface area contributed by atoms with Crippen molar-refractivity contribution < 1.29 is 69.6 Å². The van der Waals surface area contributed by atoms with Crippen molar-refractivity contribution in [3.8, 4) is 17.6 Å². The van der Waals surface area contributed by atoms with Crippen LogP contribution in [0.3, 0.4) is 0 Å². The fourth-order valence-corrected chi connectivity index (χ4v) is 11.9. The van der Waals surface area contributed by atoms with Gasteiger partial charge in [-0.1, -0.05) is 82.3 Å². The molecule has 4 aromatic heterocycles. The van der Waals surface area contributed by atoms with Crippen LogP contribution in [0.1, 0.15) is 63.3 Å². The summed E-state index contributed by atoms with van der Waals surface area (Å²) in [5.41, 5.74) is -2.30. The molecule has 2 saturated heterocycles. The lowest BCUT2D eigenvalue weighted by atomic mass is 9.80. The summed E-state index contributed by atoms with van der Waals surface area (Å²) in [6.07, 6.45) is -13.1. The molecule has 2 unspecified atom stereocenters. The quantitative estimate of drug-likeness (QED) is 0.0253. The van der Waals surface area contributed by atoms with Gasteiger partial charge in [0.05, 0.1) is 59.2 Å². The molecule has 2 aliphatic rings. The summed E-state index contributed by atoms with van der Waals surface area (Å²) in [7, 11) is -0.888. The van der Waals surface area contributed by atoms with E-state index in [0.717, 1.165) is 21.8 Å². The average molecular weight is 1210 g/mol. The summed E-state index contributed by atoms with van der Waals surface area (Å²) in [6.45, 7) is 0.192. The Kier molecular flexibility index (Phi) is 18.7. The molecule has 2 aliphatic heterocycles. The number of amides is 2. The minimum absolute atomic E-state index is 0.207. The second-order valence-electron chi connectivity index (χ2n) is 19.5. The molecule has 10 atom stereocenters. The van der Waals surface area contributed by atoms with Crippen molar-refractivity contribution in [3.05, 3.63) is 129 Å². The minimum atomic E-state index is -4.48. The highest BCUT2D eigenvalue weighted by molar-refractivity contribution is 8.07. The van der Waals surface area contributed by atoms with Crippen molar-refractivity contribution in [1.29, 1.82) is 5.26 Å². The van der Waals surface area contributed by atoms with Gasteiger partial charge in [-0.3, -0.25) is 58.0 Å². The summed E-state index contributed by atoms with van der Waals surface area (Å²) in [5, 5.41) is 14.6. The van der Waals surface area contributed by atoms with E-state index in [9.17, 15) is 33.9 Å². The molecule has 83 heavy (non-hydrogen) atoms. The number of anilines is 2. The van der Waals surface area contributed by atoms with Crippen molar-refractivity contribution in [2.75, 3.05) is 44.7 Å². The largest absolute Gasteiger partial charge is 0.497 e. The molecule has 0 bridgehead atoms. The number of carbonyl (C=O) groups excluding carboxylic acids is 2. The van der Waals surface area contributed by atoms with Gasteiger partial charge in [-0.2, -0.15) is 15.2 Å². The molecule has 440 valence electrons. The third kappa shape index (κ3) is 12.8. The van der Waals surface area contributed by atoms with Crippen molar-refractivity contribution in [3.63, 3.8) is 0 Å². The third-order valence-electron chi connectivity index (χ3n) is 13.5. The second kappa shape index (κ2) is 25.7. The molecular weight excluding hydrogens is 1150 g/mol. The Morgan fingerprint density at radius 2 is 1.24 bits per heavy atom. The maximum absolute atomic E-state index is 18.1. The number of ether oxygens (including phenoxy) is 5. The third-order valence-corrected chi connectivity index (χ3v) is 16.3. The van der Waals surface area contributed by atoms with Gasteiger partial charge in [-0.05, 0) is 52.8 Å². The maximum atomic E-state index is 18.1. The summed E-state index contributed by atoms with van der Waals surface area (Å²) >= 11 is 5.99. The van der Waals surface area contributed by atoms with Gasteiger partial charge in [0, 0.05) is 11.8 Å². The number of nitriles is 1. The molecule has 0 radical (unpaired) electrons. The zero-order valence-electron chi connectivity index (χ0n) is 45.2. The van der Waals surface area contributed by atoms with Crippen LogP contribution in [-0.4, -0.2) is 127 Å². The van der Waals surface area contributed by atoms with Gasteiger partial charge in [0.2, 0.25) is 23.7 Å². The number of carbonyl (C=O) groups is 2. The highest BCUT2D eigenvalue weighted by atomic mass is 32.5. The maximum Gasteiger partial charge on any atom is 0.327 e. The number of rotatable bonds is 24. The molecule has 2 amide bonds. The van der Waals surface area contributed by atoms with E-state index in [1.54, 1.807) is 76.2 Å². The van der Waals surface area contributed by atoms with E-state index in [2.05, 4.69) is 40.5 Å². The highest BCUT2D eigenvalue weighted by Crippen LogP contribution is 2.55. The van der Waals surface area contributed by atoms with Crippen LogP contribution in [0.15, 0.2) is 101 Å². The molecule has 0 spiro atoms. The minimum Gasteiger partial charge on any atom is -0.497 e. The number of H-pyrrole nitrogens is 2. The second-order valence-corrected chi connectivity index (χ2v) is 23.2. The van der Waals surface area contributed by atoms with Gasteiger partial charge in [-0.25, -0.2) is 18.7 Å². The van der Waals surface area contributed by atoms with E-state index in [1.165, 1.54) is 14.2 Å². The van der Waals surface area contributed by atoms with E-state index >= 15 is 8.78 Å². The number of aromatic nitrogens is 8. The molecule has 2 fully saturated rings. The summed E-state index contributed by atoms with van der Waals surface area (Å²) in [4.78, 5) is 83.7. The van der Waals surface area contributed by atoms with Gasteiger partial charge in [-0.15, -0.1) is 0 Å². The Labute approximate surface area is 476 Å². The molecule has 7 aromatic rings. The molecule has 3 aromatic carbocycles. The number of methoxy groups -OCH3 is 2.